The molecule has 0 heterocycles. The Morgan fingerprint density at radius 3 is 2.41 bits per heavy atom. The van der Waals surface area contributed by atoms with Crippen LogP contribution in [-0.2, 0) is 26.2 Å². The van der Waals surface area contributed by atoms with E-state index in [4.69, 9.17) is 0 Å². The van der Waals surface area contributed by atoms with Gasteiger partial charge >= 0.3 is 0 Å². The molecule has 2 rings (SSSR count). The first-order chi connectivity index (χ1) is 15.0. The molecule has 0 saturated heterocycles. The first kappa shape index (κ1) is 25.3. The van der Waals surface area contributed by atoms with Gasteiger partial charge in [-0.1, -0.05) is 42.0 Å². The number of halogens is 1. The molecule has 0 aliphatic carbocycles. The summed E-state index contributed by atoms with van der Waals surface area (Å²) < 4.78 is 39.6. The quantitative estimate of drug-likeness (QED) is 0.587. The highest BCUT2D eigenvalue weighted by Gasteiger charge is 2.26. The predicted molar refractivity (Wildman–Crippen MR) is 123 cm³/mol. The molecule has 0 unspecified atom stereocenters. The van der Waals surface area contributed by atoms with E-state index >= 15 is 0 Å². The second kappa shape index (κ2) is 11.1. The molecule has 2 aromatic carbocycles. The van der Waals surface area contributed by atoms with Gasteiger partial charge in [-0.2, -0.15) is 0 Å². The summed E-state index contributed by atoms with van der Waals surface area (Å²) in [6.07, 6.45) is 1.18. The van der Waals surface area contributed by atoms with E-state index in [1.165, 1.54) is 30.1 Å². The Kier molecular flexibility index (Phi) is 8.77. The zero-order valence-electron chi connectivity index (χ0n) is 18.8. The molecule has 7 nitrogen and oxygen atoms in total. The number of nitrogens with zero attached hydrogens (tertiary/aromatic N) is 2. The highest BCUT2D eigenvalue weighted by Crippen LogP contribution is 2.22. The number of nitrogens with one attached hydrogen (secondary N) is 1. The number of anilines is 1. The molecule has 0 bridgehead atoms. The molecule has 1 atom stereocenters. The molecule has 2 amide bonds. The molecular weight excluding hydrogens is 433 g/mol. The van der Waals surface area contributed by atoms with Gasteiger partial charge in [0, 0.05) is 26.6 Å². The summed E-state index contributed by atoms with van der Waals surface area (Å²) >= 11 is 0. The number of likely N-dealkylation sites (N-methyl/N-ethyl adjacent to an activating group) is 1. The Hall–Kier alpha value is -2.94. The van der Waals surface area contributed by atoms with Crippen molar-refractivity contribution >= 4 is 27.5 Å². The van der Waals surface area contributed by atoms with Crippen molar-refractivity contribution in [1.82, 2.24) is 10.2 Å². The van der Waals surface area contributed by atoms with Gasteiger partial charge in [-0.3, -0.25) is 13.9 Å². The van der Waals surface area contributed by atoms with Crippen molar-refractivity contribution in [2.75, 3.05) is 24.2 Å². The Labute approximate surface area is 189 Å². The number of aryl methyl sites for hydroxylation is 1. The van der Waals surface area contributed by atoms with Crippen molar-refractivity contribution in [3.05, 3.63) is 65.5 Å². The van der Waals surface area contributed by atoms with Gasteiger partial charge in [0.05, 0.1) is 11.9 Å². The third-order valence-electron chi connectivity index (χ3n) is 5.12. The molecule has 2 aromatic rings. The summed E-state index contributed by atoms with van der Waals surface area (Å²) in [5.41, 5.74) is 1.87. The van der Waals surface area contributed by atoms with Crippen molar-refractivity contribution in [3.63, 3.8) is 0 Å². The normalized spacial score (nSPS) is 12.2. The molecule has 0 aliphatic heterocycles. The van der Waals surface area contributed by atoms with Crippen LogP contribution in [0.15, 0.2) is 48.5 Å². The van der Waals surface area contributed by atoms with E-state index in [2.05, 4.69) is 5.32 Å². The van der Waals surface area contributed by atoms with E-state index in [1.807, 2.05) is 31.2 Å². The van der Waals surface area contributed by atoms with Crippen LogP contribution in [-0.4, -0.2) is 51.0 Å². The van der Waals surface area contributed by atoms with E-state index in [-0.39, 0.29) is 43.4 Å². The van der Waals surface area contributed by atoms with Gasteiger partial charge in [-0.05, 0) is 38.0 Å². The van der Waals surface area contributed by atoms with E-state index in [0.29, 0.717) is 0 Å². The highest BCUT2D eigenvalue weighted by atomic mass is 32.2. The van der Waals surface area contributed by atoms with Crippen molar-refractivity contribution < 1.29 is 22.4 Å². The van der Waals surface area contributed by atoms with Crippen LogP contribution in [0.2, 0.25) is 0 Å². The largest absolute Gasteiger partial charge is 0.357 e. The van der Waals surface area contributed by atoms with E-state index in [1.54, 1.807) is 13.0 Å². The van der Waals surface area contributed by atoms with Crippen LogP contribution >= 0.6 is 0 Å². The average Bonchev–Trinajstić information content (AvgIpc) is 2.74. The topological polar surface area (TPSA) is 86.8 Å². The minimum Gasteiger partial charge on any atom is -0.357 e. The molecule has 9 heteroatoms. The van der Waals surface area contributed by atoms with Crippen molar-refractivity contribution in [3.8, 4) is 0 Å². The van der Waals surface area contributed by atoms with Crippen molar-refractivity contribution in [2.45, 2.75) is 39.3 Å². The highest BCUT2D eigenvalue weighted by molar-refractivity contribution is 7.92. The van der Waals surface area contributed by atoms with Gasteiger partial charge in [-0.25, -0.2) is 12.8 Å². The second-order valence-electron chi connectivity index (χ2n) is 7.69. The van der Waals surface area contributed by atoms with Crippen molar-refractivity contribution in [2.24, 2.45) is 0 Å². The molecule has 0 saturated carbocycles. The Morgan fingerprint density at radius 2 is 1.81 bits per heavy atom. The van der Waals surface area contributed by atoms with E-state index in [9.17, 15) is 22.4 Å². The van der Waals surface area contributed by atoms with Crippen LogP contribution < -0.4 is 9.62 Å². The first-order valence-corrected chi connectivity index (χ1v) is 12.2. The van der Waals surface area contributed by atoms with Crippen LogP contribution in [0.4, 0.5) is 10.1 Å². The molecule has 1 N–H and O–H groups in total. The lowest BCUT2D eigenvalue weighted by Gasteiger charge is -2.29. The minimum absolute atomic E-state index is 0.00756. The maximum atomic E-state index is 14.2. The van der Waals surface area contributed by atoms with Gasteiger partial charge in [0.25, 0.3) is 0 Å². The van der Waals surface area contributed by atoms with Crippen LogP contribution in [0.5, 0.6) is 0 Å². The maximum Gasteiger partial charge on any atom is 0.242 e. The molecule has 0 aromatic heterocycles. The van der Waals surface area contributed by atoms with Gasteiger partial charge < -0.3 is 10.2 Å². The number of hydrogen-bond acceptors (Lipinski definition) is 4. The number of rotatable bonds is 10. The third kappa shape index (κ3) is 6.78. The summed E-state index contributed by atoms with van der Waals surface area (Å²) in [6, 6.07) is 12.6. The molecule has 174 valence electrons. The predicted octanol–water partition coefficient (Wildman–Crippen LogP) is 2.84. The standard InChI is InChI=1S/C23H30FN3O4S/c1-17-9-7-10-19(15-17)16-26(18(2)23(29)25-3)22(28)13-8-14-27(32(4,30)31)21-12-6-5-11-20(21)24/h5-7,9-12,15,18H,8,13-14,16H2,1-4H3,(H,25,29)/t18-/m0/s1. The SMILES string of the molecule is CNC(=O)[C@H](C)N(Cc1cccc(C)c1)C(=O)CCCN(c1ccccc1F)S(C)(=O)=O. The van der Waals surface area contributed by atoms with Gasteiger partial charge in [0.15, 0.2) is 0 Å². The number of carbonyl (C=O) groups is 2. The number of amides is 2. The molecule has 0 radical (unpaired) electrons. The Bertz CT molecular complexity index is 1060. The molecular formula is C23H30FN3O4S. The van der Waals surface area contributed by atoms with Crippen LogP contribution in [0.3, 0.4) is 0 Å². The van der Waals surface area contributed by atoms with E-state index in [0.717, 1.165) is 21.7 Å². The fraction of sp³-hybridized carbons (Fsp3) is 0.391. The lowest BCUT2D eigenvalue weighted by atomic mass is 10.1. The summed E-state index contributed by atoms with van der Waals surface area (Å²) in [5, 5.41) is 2.56. The summed E-state index contributed by atoms with van der Waals surface area (Å²) in [7, 11) is -2.23. The van der Waals surface area contributed by atoms with Gasteiger partial charge in [-0.15, -0.1) is 0 Å². The molecule has 32 heavy (non-hydrogen) atoms. The minimum atomic E-state index is -3.74. The maximum absolute atomic E-state index is 14.2. The summed E-state index contributed by atoms with van der Waals surface area (Å²) in [5.74, 6) is -1.24. The van der Waals surface area contributed by atoms with E-state index < -0.39 is 21.9 Å². The smallest absolute Gasteiger partial charge is 0.242 e. The molecule has 0 aliphatic rings. The van der Waals surface area contributed by atoms with Crippen LogP contribution in [0.1, 0.15) is 30.9 Å². The van der Waals surface area contributed by atoms with Crippen molar-refractivity contribution in [1.29, 1.82) is 0 Å². The van der Waals surface area contributed by atoms with Gasteiger partial charge in [0.1, 0.15) is 11.9 Å². The monoisotopic (exact) mass is 463 g/mol. The third-order valence-corrected chi connectivity index (χ3v) is 6.30. The zero-order chi connectivity index (χ0) is 23.9. The number of carbonyl (C=O) groups excluding carboxylic acids is 2. The fourth-order valence-corrected chi connectivity index (χ4v) is 4.40. The first-order valence-electron chi connectivity index (χ1n) is 10.3. The molecule has 0 spiro atoms. The van der Waals surface area contributed by atoms with Gasteiger partial charge in [0.2, 0.25) is 21.8 Å². The average molecular weight is 464 g/mol. The molecule has 0 fully saturated rings. The number of benzene rings is 2. The Morgan fingerprint density at radius 1 is 1.12 bits per heavy atom. The number of hydrogen-bond donors (Lipinski definition) is 1. The van der Waals surface area contributed by atoms with Crippen LogP contribution in [0, 0.1) is 12.7 Å². The summed E-state index contributed by atoms with van der Waals surface area (Å²) in [6.45, 7) is 3.78. The summed E-state index contributed by atoms with van der Waals surface area (Å²) in [4.78, 5) is 26.7. The zero-order valence-corrected chi connectivity index (χ0v) is 19.7. The lowest BCUT2D eigenvalue weighted by Crippen LogP contribution is -2.46. The fourth-order valence-electron chi connectivity index (χ4n) is 3.44. The number of sulfonamides is 1. The second-order valence-corrected chi connectivity index (χ2v) is 9.60. The Balaban J connectivity index is 2.15. The van der Waals surface area contributed by atoms with Crippen LogP contribution in [0.25, 0.3) is 0 Å². The number of para-hydroxylation sites is 1. The lowest BCUT2D eigenvalue weighted by molar-refractivity contribution is -0.140.